The van der Waals surface area contributed by atoms with Crippen molar-refractivity contribution in [1.29, 1.82) is 0 Å². The van der Waals surface area contributed by atoms with Crippen molar-refractivity contribution in [3.05, 3.63) is 40.9 Å². The zero-order chi connectivity index (χ0) is 18.7. The number of thioether (sulfide) groups is 1. The average molecular weight is 362 g/mol. The molecule has 1 N–H and O–H groups in total. The maximum Gasteiger partial charge on any atom is 0.491 e. The molecule has 136 valence electrons. The van der Waals surface area contributed by atoms with Gasteiger partial charge in [0.2, 0.25) is 0 Å². The predicted octanol–water partition coefficient (Wildman–Crippen LogP) is 3.52. The first-order valence-electron chi connectivity index (χ1n) is 8.54. The van der Waals surface area contributed by atoms with Crippen molar-refractivity contribution in [3.63, 3.8) is 0 Å². The lowest BCUT2D eigenvalue weighted by atomic mass is 9.78. The van der Waals surface area contributed by atoms with Gasteiger partial charge in [-0.25, -0.2) is 0 Å². The van der Waals surface area contributed by atoms with E-state index in [1.807, 2.05) is 58.0 Å². The number of aliphatic hydroxyl groups is 1. The molecule has 0 aromatic heterocycles. The van der Waals surface area contributed by atoms with Gasteiger partial charge in [0.1, 0.15) is 0 Å². The number of carbonyl (C=O) groups is 1. The minimum Gasteiger partial charge on any atom is -0.400 e. The highest BCUT2D eigenvalue weighted by molar-refractivity contribution is 8.13. The summed E-state index contributed by atoms with van der Waals surface area (Å²) in [6.45, 7) is 9.72. The average Bonchev–Trinajstić information content (AvgIpc) is 2.73. The zero-order valence-electron chi connectivity index (χ0n) is 15.7. The molecular weight excluding hydrogens is 335 g/mol. The summed E-state index contributed by atoms with van der Waals surface area (Å²) in [5, 5.41) is 9.35. The molecule has 6 heteroatoms. The van der Waals surface area contributed by atoms with Gasteiger partial charge in [0, 0.05) is 19.3 Å². The van der Waals surface area contributed by atoms with Gasteiger partial charge in [-0.3, -0.25) is 4.79 Å². The Morgan fingerprint density at radius 1 is 1.20 bits per heavy atom. The normalized spacial score (nSPS) is 19.3. The number of rotatable bonds is 6. The molecule has 0 aliphatic carbocycles. The fourth-order valence-electron chi connectivity index (χ4n) is 2.58. The third-order valence-corrected chi connectivity index (χ3v) is 5.66. The van der Waals surface area contributed by atoms with Gasteiger partial charge in [-0.1, -0.05) is 42.1 Å². The summed E-state index contributed by atoms with van der Waals surface area (Å²) >= 11 is 1.25. The van der Waals surface area contributed by atoms with Crippen LogP contribution in [0.5, 0.6) is 0 Å². The van der Waals surface area contributed by atoms with Gasteiger partial charge < -0.3 is 14.4 Å². The second-order valence-electron chi connectivity index (χ2n) is 7.26. The van der Waals surface area contributed by atoms with E-state index in [-0.39, 0.29) is 11.7 Å². The van der Waals surface area contributed by atoms with Crippen molar-refractivity contribution in [2.24, 2.45) is 0 Å². The van der Waals surface area contributed by atoms with Crippen molar-refractivity contribution < 1.29 is 19.2 Å². The lowest BCUT2D eigenvalue weighted by Gasteiger charge is -2.32. The molecule has 1 saturated heterocycles. The molecule has 1 aliphatic rings. The van der Waals surface area contributed by atoms with E-state index in [1.165, 1.54) is 11.8 Å². The van der Waals surface area contributed by atoms with Gasteiger partial charge in [0.25, 0.3) is 0 Å². The lowest BCUT2D eigenvalue weighted by molar-refractivity contribution is -0.109. The molecule has 1 aliphatic heterocycles. The van der Waals surface area contributed by atoms with Gasteiger partial charge >= 0.3 is 7.12 Å². The maximum absolute atomic E-state index is 11.5. The largest absolute Gasteiger partial charge is 0.491 e. The second-order valence-corrected chi connectivity index (χ2v) is 8.41. The number of hydrogen-bond donors (Lipinski definition) is 1. The molecule has 1 aromatic rings. The summed E-state index contributed by atoms with van der Waals surface area (Å²) in [6.07, 6.45) is 2.62. The van der Waals surface area contributed by atoms with Crippen LogP contribution in [0, 0.1) is 0 Å². The summed E-state index contributed by atoms with van der Waals surface area (Å²) in [4.78, 5) is 11.5. The first-order chi connectivity index (χ1) is 11.7. The maximum atomic E-state index is 11.5. The molecule has 2 rings (SSSR count). The molecule has 1 aromatic carbocycles. The first-order valence-corrected chi connectivity index (χ1v) is 9.53. The van der Waals surface area contributed by atoms with Crippen LogP contribution in [-0.2, 0) is 20.5 Å². The Morgan fingerprint density at radius 2 is 1.80 bits per heavy atom. The van der Waals surface area contributed by atoms with Crippen LogP contribution < -0.4 is 0 Å². The molecule has 0 atom stereocenters. The molecule has 0 unspecified atom stereocenters. The van der Waals surface area contributed by atoms with Crippen LogP contribution in [0.2, 0.25) is 0 Å². The summed E-state index contributed by atoms with van der Waals surface area (Å²) in [6, 6.07) is 7.94. The van der Waals surface area contributed by atoms with E-state index in [4.69, 9.17) is 9.31 Å². The van der Waals surface area contributed by atoms with Crippen molar-refractivity contribution >= 4 is 30.1 Å². The van der Waals surface area contributed by atoms with Crippen molar-refractivity contribution in [2.75, 3.05) is 12.4 Å². The minimum absolute atomic E-state index is 0.0612. The number of benzene rings is 1. The molecule has 0 amide bonds. The van der Waals surface area contributed by atoms with Crippen LogP contribution in [0.3, 0.4) is 0 Å². The van der Waals surface area contributed by atoms with Gasteiger partial charge in [-0.15, -0.1) is 0 Å². The van der Waals surface area contributed by atoms with Crippen LogP contribution in [0.25, 0.3) is 6.08 Å². The molecule has 25 heavy (non-hydrogen) atoms. The van der Waals surface area contributed by atoms with Crippen molar-refractivity contribution in [1.82, 2.24) is 0 Å². The fourth-order valence-corrected chi connectivity index (χ4v) is 3.17. The van der Waals surface area contributed by atoms with E-state index in [9.17, 15) is 9.90 Å². The van der Waals surface area contributed by atoms with Gasteiger partial charge in [-0.05, 0) is 50.7 Å². The number of carbonyl (C=O) groups excluding carboxylic acids is 1. The van der Waals surface area contributed by atoms with E-state index < -0.39 is 18.3 Å². The summed E-state index contributed by atoms with van der Waals surface area (Å²) in [5.74, 6) is 0.514. The quantitative estimate of drug-likeness (QED) is 0.785. The van der Waals surface area contributed by atoms with E-state index in [2.05, 4.69) is 0 Å². The second kappa shape index (κ2) is 8.08. The number of aliphatic hydroxyl groups excluding tert-OH is 1. The standard InChI is InChI=1S/C19H27BO4S/c1-14(22)25-13-17(20-23-18(2,3)19(4,5)24-20)12-16-9-7-6-8-15(16)10-11-21/h6-9,12,21H,10-11,13H2,1-5H3. The Kier molecular flexibility index (Phi) is 6.54. The third kappa shape index (κ3) is 4.97. The Hall–Kier alpha value is -1.08. The predicted molar refractivity (Wildman–Crippen MR) is 104 cm³/mol. The van der Waals surface area contributed by atoms with Crippen LogP contribution in [0.15, 0.2) is 29.7 Å². The van der Waals surface area contributed by atoms with Crippen molar-refractivity contribution in [2.45, 2.75) is 52.2 Å². The highest BCUT2D eigenvalue weighted by atomic mass is 32.2. The molecule has 0 saturated carbocycles. The molecule has 0 radical (unpaired) electrons. The van der Waals surface area contributed by atoms with Crippen molar-refractivity contribution in [3.8, 4) is 0 Å². The summed E-state index contributed by atoms with van der Waals surface area (Å²) < 4.78 is 12.3. The van der Waals surface area contributed by atoms with E-state index in [0.29, 0.717) is 12.2 Å². The highest BCUT2D eigenvalue weighted by Gasteiger charge is 2.52. The smallest absolute Gasteiger partial charge is 0.400 e. The van der Waals surface area contributed by atoms with E-state index in [1.54, 1.807) is 6.92 Å². The van der Waals surface area contributed by atoms with Crippen LogP contribution in [-0.4, -0.2) is 40.9 Å². The van der Waals surface area contributed by atoms with Gasteiger partial charge in [0.05, 0.1) is 11.2 Å². The molecule has 0 bridgehead atoms. The summed E-state index contributed by atoms with van der Waals surface area (Å²) in [5.41, 5.74) is 2.14. The SMILES string of the molecule is CC(=O)SCC(=Cc1ccccc1CCO)B1OC(C)(C)C(C)(C)O1. The number of hydrogen-bond acceptors (Lipinski definition) is 5. The Bertz CT molecular complexity index is 639. The lowest BCUT2D eigenvalue weighted by Crippen LogP contribution is -2.41. The van der Waals surface area contributed by atoms with Gasteiger partial charge in [-0.2, -0.15) is 0 Å². The third-order valence-electron chi connectivity index (χ3n) is 4.78. The molecule has 1 fully saturated rings. The fraction of sp³-hybridized carbons (Fsp3) is 0.526. The molecular formula is C19H27BO4S. The summed E-state index contributed by atoms with van der Waals surface area (Å²) in [7, 11) is -0.487. The van der Waals surface area contributed by atoms with Crippen LogP contribution >= 0.6 is 11.8 Å². The van der Waals surface area contributed by atoms with E-state index >= 15 is 0 Å². The first kappa shape index (κ1) is 20.2. The van der Waals surface area contributed by atoms with Gasteiger partial charge in [0.15, 0.2) is 5.12 Å². The molecule has 4 nitrogen and oxygen atoms in total. The Labute approximate surface area is 155 Å². The zero-order valence-corrected chi connectivity index (χ0v) is 16.5. The van der Waals surface area contributed by atoms with Crippen LogP contribution in [0.1, 0.15) is 45.7 Å². The minimum atomic E-state index is -0.487. The Morgan fingerprint density at radius 3 is 2.36 bits per heavy atom. The Balaban J connectivity index is 2.35. The monoisotopic (exact) mass is 362 g/mol. The molecule has 1 heterocycles. The van der Waals surface area contributed by atoms with Crippen LogP contribution in [0.4, 0.5) is 0 Å². The topological polar surface area (TPSA) is 55.8 Å². The highest BCUT2D eigenvalue weighted by Crippen LogP contribution is 2.39. The molecule has 0 spiro atoms. The van der Waals surface area contributed by atoms with E-state index in [0.717, 1.165) is 16.6 Å².